The van der Waals surface area contributed by atoms with E-state index in [0.717, 1.165) is 0 Å². The lowest BCUT2D eigenvalue weighted by atomic mass is 10.2. The minimum absolute atomic E-state index is 0.145. The molecule has 1 heterocycles. The first-order valence-corrected chi connectivity index (χ1v) is 6.77. The number of nitrogens with one attached hydrogen (secondary N) is 2. The van der Waals surface area contributed by atoms with Crippen LogP contribution in [0, 0.1) is 5.82 Å². The van der Waals surface area contributed by atoms with E-state index in [9.17, 15) is 9.18 Å². The minimum Gasteiger partial charge on any atom is -0.450 e. The van der Waals surface area contributed by atoms with Gasteiger partial charge in [-0.05, 0) is 25.1 Å². The maximum absolute atomic E-state index is 13.5. The van der Waals surface area contributed by atoms with Crippen molar-refractivity contribution in [1.82, 2.24) is 4.98 Å². The molecule has 0 unspecified atom stereocenters. The Balaban J connectivity index is 2.00. The zero-order chi connectivity index (χ0) is 15.9. The molecule has 6 nitrogen and oxygen atoms in total. The highest BCUT2D eigenvalue weighted by atomic mass is 19.1. The maximum Gasteiger partial charge on any atom is 0.411 e. The van der Waals surface area contributed by atoms with Gasteiger partial charge in [0.1, 0.15) is 17.5 Å². The number of amides is 1. The van der Waals surface area contributed by atoms with Gasteiger partial charge in [0, 0.05) is 12.1 Å². The number of nitrogens with two attached hydrogens (primary N) is 1. The van der Waals surface area contributed by atoms with Crippen LogP contribution < -0.4 is 16.4 Å². The van der Waals surface area contributed by atoms with Gasteiger partial charge < -0.3 is 15.8 Å². The van der Waals surface area contributed by atoms with Crippen molar-refractivity contribution in [3.05, 3.63) is 47.8 Å². The van der Waals surface area contributed by atoms with Gasteiger partial charge in [0.05, 0.1) is 12.3 Å². The third kappa shape index (κ3) is 4.08. The number of halogens is 1. The number of anilines is 3. The first-order valence-electron chi connectivity index (χ1n) is 6.77. The van der Waals surface area contributed by atoms with Gasteiger partial charge in [-0.1, -0.05) is 18.2 Å². The van der Waals surface area contributed by atoms with E-state index in [1.807, 2.05) is 0 Å². The van der Waals surface area contributed by atoms with E-state index in [4.69, 9.17) is 10.5 Å². The van der Waals surface area contributed by atoms with Crippen molar-refractivity contribution in [2.45, 2.75) is 13.5 Å². The monoisotopic (exact) mass is 304 g/mol. The molecule has 0 saturated heterocycles. The third-order valence-corrected chi connectivity index (χ3v) is 2.85. The van der Waals surface area contributed by atoms with Crippen molar-refractivity contribution in [2.24, 2.45) is 0 Å². The van der Waals surface area contributed by atoms with Crippen molar-refractivity contribution in [2.75, 3.05) is 23.0 Å². The Morgan fingerprint density at radius 3 is 2.77 bits per heavy atom. The molecule has 22 heavy (non-hydrogen) atoms. The van der Waals surface area contributed by atoms with Gasteiger partial charge in [0.15, 0.2) is 0 Å². The molecule has 2 aromatic rings. The number of hydrogen-bond acceptors (Lipinski definition) is 5. The summed E-state index contributed by atoms with van der Waals surface area (Å²) in [5.74, 6) is 0.338. The molecular formula is C15H17FN4O2. The molecule has 1 aromatic carbocycles. The molecule has 0 radical (unpaired) electrons. The summed E-state index contributed by atoms with van der Waals surface area (Å²) in [6.07, 6.45) is -0.594. The lowest BCUT2D eigenvalue weighted by Gasteiger charge is -2.10. The first kappa shape index (κ1) is 15.6. The van der Waals surface area contributed by atoms with Crippen LogP contribution in [0.15, 0.2) is 36.4 Å². The molecule has 0 aliphatic carbocycles. The van der Waals surface area contributed by atoms with Crippen molar-refractivity contribution in [3.63, 3.8) is 0 Å². The number of hydrogen-bond donors (Lipinski definition) is 3. The maximum atomic E-state index is 13.5. The van der Waals surface area contributed by atoms with Crippen molar-refractivity contribution in [1.29, 1.82) is 0 Å². The van der Waals surface area contributed by atoms with Crippen LogP contribution in [-0.2, 0) is 11.3 Å². The van der Waals surface area contributed by atoms with Crippen LogP contribution in [0.25, 0.3) is 0 Å². The molecule has 4 N–H and O–H groups in total. The summed E-state index contributed by atoms with van der Waals surface area (Å²) in [7, 11) is 0. The number of nitrogens with zero attached hydrogens (tertiary/aromatic N) is 1. The normalized spacial score (nSPS) is 10.1. The highest BCUT2D eigenvalue weighted by Crippen LogP contribution is 2.19. The predicted octanol–water partition coefficient (Wildman–Crippen LogP) is 2.98. The fourth-order valence-corrected chi connectivity index (χ4v) is 1.78. The molecule has 0 aliphatic heterocycles. The van der Waals surface area contributed by atoms with Crippen molar-refractivity contribution in [3.8, 4) is 0 Å². The second-order valence-corrected chi connectivity index (χ2v) is 4.42. The van der Waals surface area contributed by atoms with Gasteiger partial charge in [-0.25, -0.2) is 14.2 Å². The van der Waals surface area contributed by atoms with Gasteiger partial charge >= 0.3 is 6.09 Å². The Hall–Kier alpha value is -2.83. The molecule has 2 rings (SSSR count). The summed E-state index contributed by atoms with van der Waals surface area (Å²) >= 11 is 0. The smallest absolute Gasteiger partial charge is 0.411 e. The molecule has 1 amide bonds. The summed E-state index contributed by atoms with van der Waals surface area (Å²) in [4.78, 5) is 15.4. The van der Waals surface area contributed by atoms with Gasteiger partial charge in [-0.3, -0.25) is 5.32 Å². The van der Waals surface area contributed by atoms with E-state index in [2.05, 4.69) is 15.6 Å². The molecule has 1 aromatic heterocycles. The highest BCUT2D eigenvalue weighted by molar-refractivity contribution is 5.88. The molecule has 0 aliphatic rings. The largest absolute Gasteiger partial charge is 0.450 e. The predicted molar refractivity (Wildman–Crippen MR) is 83.0 cm³/mol. The Kier molecular flexibility index (Phi) is 5.13. The van der Waals surface area contributed by atoms with Crippen LogP contribution >= 0.6 is 0 Å². The fourth-order valence-electron chi connectivity index (χ4n) is 1.78. The molecule has 0 fully saturated rings. The summed E-state index contributed by atoms with van der Waals surface area (Å²) in [6, 6.07) is 9.70. The number of benzene rings is 1. The Morgan fingerprint density at radius 1 is 1.32 bits per heavy atom. The number of carbonyl (C=O) groups excluding carboxylic acids is 1. The topological polar surface area (TPSA) is 89.3 Å². The van der Waals surface area contributed by atoms with Crippen molar-refractivity contribution >= 4 is 23.4 Å². The molecule has 116 valence electrons. The minimum atomic E-state index is -0.594. The Labute approximate surface area is 127 Å². The Morgan fingerprint density at radius 2 is 2.09 bits per heavy atom. The number of rotatable bonds is 5. The zero-order valence-electron chi connectivity index (χ0n) is 12.1. The number of pyridine rings is 1. The molecule has 0 spiro atoms. The summed E-state index contributed by atoms with van der Waals surface area (Å²) in [6.45, 7) is 2.25. The van der Waals surface area contributed by atoms with Gasteiger partial charge in [0.2, 0.25) is 0 Å². The lowest BCUT2D eigenvalue weighted by molar-refractivity contribution is 0.168. The van der Waals surface area contributed by atoms with E-state index in [1.54, 1.807) is 37.3 Å². The number of ether oxygens (including phenoxy) is 1. The van der Waals surface area contributed by atoms with Gasteiger partial charge in [0.25, 0.3) is 0 Å². The van der Waals surface area contributed by atoms with Gasteiger partial charge in [-0.15, -0.1) is 0 Å². The van der Waals surface area contributed by atoms with Crippen LogP contribution in [0.2, 0.25) is 0 Å². The van der Waals surface area contributed by atoms with E-state index >= 15 is 0 Å². The molecule has 0 bridgehead atoms. The van der Waals surface area contributed by atoms with Crippen LogP contribution in [0.5, 0.6) is 0 Å². The fraction of sp³-hybridized carbons (Fsp3) is 0.200. The zero-order valence-corrected chi connectivity index (χ0v) is 12.1. The summed E-state index contributed by atoms with van der Waals surface area (Å²) in [5.41, 5.74) is 6.65. The number of nitrogen functional groups attached to an aromatic ring is 1. The van der Waals surface area contributed by atoms with Crippen LogP contribution in [0.4, 0.5) is 26.5 Å². The van der Waals surface area contributed by atoms with Crippen LogP contribution in [0.3, 0.4) is 0 Å². The average Bonchev–Trinajstić information content (AvgIpc) is 2.49. The molecular weight excluding hydrogens is 287 g/mol. The molecule has 0 atom stereocenters. The lowest BCUT2D eigenvalue weighted by Crippen LogP contribution is -2.15. The van der Waals surface area contributed by atoms with E-state index in [-0.39, 0.29) is 24.8 Å². The number of carbonyl (C=O) groups is 1. The second-order valence-electron chi connectivity index (χ2n) is 4.42. The van der Waals surface area contributed by atoms with E-state index in [0.29, 0.717) is 17.1 Å². The third-order valence-electron chi connectivity index (χ3n) is 2.85. The summed E-state index contributed by atoms with van der Waals surface area (Å²) < 4.78 is 18.3. The summed E-state index contributed by atoms with van der Waals surface area (Å²) in [5, 5.41) is 5.46. The Bertz CT molecular complexity index is 664. The highest BCUT2D eigenvalue weighted by Gasteiger charge is 2.08. The van der Waals surface area contributed by atoms with Crippen molar-refractivity contribution < 1.29 is 13.9 Å². The van der Waals surface area contributed by atoms with Gasteiger partial charge in [-0.2, -0.15) is 0 Å². The second kappa shape index (κ2) is 7.26. The van der Waals surface area contributed by atoms with Crippen LogP contribution in [-0.4, -0.2) is 17.7 Å². The number of aromatic nitrogens is 1. The van der Waals surface area contributed by atoms with E-state index < -0.39 is 6.09 Å². The van der Waals surface area contributed by atoms with Crippen LogP contribution in [0.1, 0.15) is 12.5 Å². The standard InChI is InChI=1S/C15H17FN4O2/c1-2-22-15(21)19-12-7-8-13(20-14(12)17)18-9-10-5-3-4-6-11(10)16/h3-8H,2,9H2,1H3,(H,19,21)(H3,17,18,20). The molecule has 7 heteroatoms. The van der Waals surface area contributed by atoms with E-state index in [1.165, 1.54) is 6.07 Å². The quantitative estimate of drug-likeness (QED) is 0.790. The average molecular weight is 304 g/mol. The SMILES string of the molecule is CCOC(=O)Nc1ccc(NCc2ccccc2F)nc1N. The first-order chi connectivity index (χ1) is 10.6. The molecule has 0 saturated carbocycles.